The van der Waals surface area contributed by atoms with Crippen molar-refractivity contribution in [2.45, 2.75) is 33.2 Å². The van der Waals surface area contributed by atoms with E-state index in [1.54, 1.807) is 0 Å². The topological polar surface area (TPSA) is 35.6 Å². The number of hydrogen-bond acceptors (Lipinski definition) is 2. The van der Waals surface area contributed by atoms with Crippen molar-refractivity contribution in [3.63, 3.8) is 0 Å². The van der Waals surface area contributed by atoms with Gasteiger partial charge in [-0.2, -0.15) is 0 Å². The molecule has 2 aromatic rings. The molecule has 1 N–H and O–H groups in total. The fourth-order valence-corrected chi connectivity index (χ4v) is 3.41. The van der Waals surface area contributed by atoms with Gasteiger partial charge in [-0.15, -0.1) is 0 Å². The number of benzene rings is 2. The number of rotatable bonds is 4. The number of carbonyl (C=O) groups excluding carboxylic acids is 1. The van der Waals surface area contributed by atoms with E-state index in [-0.39, 0.29) is 6.03 Å². The van der Waals surface area contributed by atoms with Crippen molar-refractivity contribution in [1.29, 1.82) is 0 Å². The van der Waals surface area contributed by atoms with Crippen molar-refractivity contribution in [2.75, 3.05) is 31.1 Å². The second-order valence-corrected chi connectivity index (χ2v) is 7.33. The Morgan fingerprint density at radius 3 is 2.31 bits per heavy atom. The van der Waals surface area contributed by atoms with Crippen molar-refractivity contribution in [1.82, 2.24) is 10.2 Å². The number of nitrogens with zero attached hydrogens (tertiary/aromatic N) is 2. The monoisotopic (exact) mass is 351 g/mol. The Balaban J connectivity index is 1.53. The number of anilines is 1. The summed E-state index contributed by atoms with van der Waals surface area (Å²) in [5.74, 6) is 0.502. The lowest BCUT2D eigenvalue weighted by Gasteiger charge is -2.37. The zero-order chi connectivity index (χ0) is 18.5. The van der Waals surface area contributed by atoms with Crippen molar-refractivity contribution >= 4 is 11.7 Å². The van der Waals surface area contributed by atoms with Crippen LogP contribution in [0.25, 0.3) is 0 Å². The van der Waals surface area contributed by atoms with E-state index in [0.717, 1.165) is 31.7 Å². The van der Waals surface area contributed by atoms with Crippen molar-refractivity contribution in [3.05, 3.63) is 65.2 Å². The maximum Gasteiger partial charge on any atom is 0.317 e. The van der Waals surface area contributed by atoms with Crippen LogP contribution in [0.2, 0.25) is 0 Å². The van der Waals surface area contributed by atoms with Crippen molar-refractivity contribution in [2.24, 2.45) is 0 Å². The molecule has 0 spiro atoms. The van der Waals surface area contributed by atoms with E-state index in [1.165, 1.54) is 16.8 Å². The van der Waals surface area contributed by atoms with E-state index in [0.29, 0.717) is 12.5 Å². The highest BCUT2D eigenvalue weighted by Gasteiger charge is 2.22. The Morgan fingerprint density at radius 2 is 1.65 bits per heavy atom. The summed E-state index contributed by atoms with van der Waals surface area (Å²) in [5, 5.41) is 3.04. The molecule has 1 aliphatic rings. The van der Waals surface area contributed by atoms with Gasteiger partial charge in [-0.3, -0.25) is 0 Å². The van der Waals surface area contributed by atoms with Crippen LogP contribution >= 0.6 is 0 Å². The summed E-state index contributed by atoms with van der Waals surface area (Å²) in [5.41, 5.74) is 5.05. The van der Waals surface area contributed by atoms with Gasteiger partial charge >= 0.3 is 6.03 Å². The number of aryl methyl sites for hydroxylation is 1. The van der Waals surface area contributed by atoms with Gasteiger partial charge in [0, 0.05) is 38.4 Å². The molecule has 3 rings (SSSR count). The molecule has 0 radical (unpaired) electrons. The zero-order valence-corrected chi connectivity index (χ0v) is 16.0. The third kappa shape index (κ3) is 4.37. The SMILES string of the molecule is Cc1ccc(CNC(=O)N2CCN(c3ccccc3C(C)C)CC2)cc1. The van der Waals surface area contributed by atoms with Crippen LogP contribution in [0.15, 0.2) is 48.5 Å². The lowest BCUT2D eigenvalue weighted by molar-refractivity contribution is 0.194. The molecule has 4 heteroatoms. The second-order valence-electron chi connectivity index (χ2n) is 7.33. The Kier molecular flexibility index (Phi) is 5.82. The van der Waals surface area contributed by atoms with E-state index in [4.69, 9.17) is 0 Å². The number of piperazine rings is 1. The fourth-order valence-electron chi connectivity index (χ4n) is 3.41. The van der Waals surface area contributed by atoms with Gasteiger partial charge in [0.1, 0.15) is 0 Å². The molecule has 1 heterocycles. The summed E-state index contributed by atoms with van der Waals surface area (Å²) in [6, 6.07) is 16.9. The molecule has 26 heavy (non-hydrogen) atoms. The summed E-state index contributed by atoms with van der Waals surface area (Å²) in [6.45, 7) is 10.4. The van der Waals surface area contributed by atoms with Crippen LogP contribution in [0.4, 0.5) is 10.5 Å². The van der Waals surface area contributed by atoms with Gasteiger partial charge in [0.25, 0.3) is 0 Å². The highest BCUT2D eigenvalue weighted by atomic mass is 16.2. The van der Waals surface area contributed by atoms with Crippen LogP contribution in [-0.2, 0) is 6.54 Å². The van der Waals surface area contributed by atoms with E-state index in [2.05, 4.69) is 79.5 Å². The van der Waals surface area contributed by atoms with Gasteiger partial charge in [0.2, 0.25) is 0 Å². The highest BCUT2D eigenvalue weighted by Crippen LogP contribution is 2.28. The predicted octanol–water partition coefficient (Wildman–Crippen LogP) is 4.15. The van der Waals surface area contributed by atoms with Crippen LogP contribution in [0.1, 0.15) is 36.5 Å². The largest absolute Gasteiger partial charge is 0.368 e. The molecule has 0 bridgehead atoms. The number of hydrogen-bond donors (Lipinski definition) is 1. The molecule has 0 unspecified atom stereocenters. The third-order valence-electron chi connectivity index (χ3n) is 5.03. The van der Waals surface area contributed by atoms with E-state index < -0.39 is 0 Å². The first-order valence-electron chi connectivity index (χ1n) is 9.47. The first kappa shape index (κ1) is 18.3. The summed E-state index contributed by atoms with van der Waals surface area (Å²) in [6.07, 6.45) is 0. The number of urea groups is 1. The van der Waals surface area contributed by atoms with E-state index >= 15 is 0 Å². The lowest BCUT2D eigenvalue weighted by atomic mass is 10.00. The molecule has 0 aromatic heterocycles. The van der Waals surface area contributed by atoms with Gasteiger partial charge in [-0.1, -0.05) is 61.9 Å². The first-order valence-corrected chi connectivity index (χ1v) is 9.47. The summed E-state index contributed by atoms with van der Waals surface area (Å²) in [7, 11) is 0. The molecule has 1 fully saturated rings. The van der Waals surface area contributed by atoms with Gasteiger partial charge in [0.05, 0.1) is 0 Å². The van der Waals surface area contributed by atoms with Crippen LogP contribution in [0.3, 0.4) is 0 Å². The molecule has 2 amide bonds. The Morgan fingerprint density at radius 1 is 1.00 bits per heavy atom. The first-order chi connectivity index (χ1) is 12.5. The van der Waals surface area contributed by atoms with Crippen molar-refractivity contribution < 1.29 is 4.79 Å². The van der Waals surface area contributed by atoms with Gasteiger partial charge in [-0.05, 0) is 30.0 Å². The highest BCUT2D eigenvalue weighted by molar-refractivity contribution is 5.74. The molecule has 2 aromatic carbocycles. The molecule has 0 atom stereocenters. The molecule has 1 aliphatic heterocycles. The smallest absolute Gasteiger partial charge is 0.317 e. The van der Waals surface area contributed by atoms with Crippen molar-refractivity contribution in [3.8, 4) is 0 Å². The third-order valence-corrected chi connectivity index (χ3v) is 5.03. The minimum Gasteiger partial charge on any atom is -0.368 e. The Hall–Kier alpha value is -2.49. The molecule has 0 aliphatic carbocycles. The summed E-state index contributed by atoms with van der Waals surface area (Å²) < 4.78 is 0. The molecule has 1 saturated heterocycles. The second kappa shape index (κ2) is 8.26. The molecule has 0 saturated carbocycles. The predicted molar refractivity (Wildman–Crippen MR) is 108 cm³/mol. The number of para-hydroxylation sites is 1. The summed E-state index contributed by atoms with van der Waals surface area (Å²) in [4.78, 5) is 16.8. The normalized spacial score (nSPS) is 14.6. The number of amides is 2. The number of nitrogens with one attached hydrogen (secondary N) is 1. The minimum absolute atomic E-state index is 0.0300. The molecule has 4 nitrogen and oxygen atoms in total. The molecule has 138 valence electrons. The van der Waals surface area contributed by atoms with Gasteiger partial charge in [0.15, 0.2) is 0 Å². The quantitative estimate of drug-likeness (QED) is 0.898. The lowest BCUT2D eigenvalue weighted by Crippen LogP contribution is -2.51. The maximum atomic E-state index is 12.5. The van der Waals surface area contributed by atoms with Crippen LogP contribution in [0.5, 0.6) is 0 Å². The Bertz CT molecular complexity index is 731. The van der Waals surface area contributed by atoms with Crippen LogP contribution in [0, 0.1) is 6.92 Å². The number of carbonyl (C=O) groups is 1. The van der Waals surface area contributed by atoms with E-state index in [9.17, 15) is 4.79 Å². The van der Waals surface area contributed by atoms with Crippen LogP contribution < -0.4 is 10.2 Å². The minimum atomic E-state index is 0.0300. The van der Waals surface area contributed by atoms with Crippen LogP contribution in [-0.4, -0.2) is 37.1 Å². The standard InChI is InChI=1S/C22H29N3O/c1-17(2)20-6-4-5-7-21(20)24-12-14-25(15-13-24)22(26)23-16-19-10-8-18(3)9-11-19/h4-11,17H,12-16H2,1-3H3,(H,23,26). The maximum absolute atomic E-state index is 12.5. The fraction of sp³-hybridized carbons (Fsp3) is 0.409. The zero-order valence-electron chi connectivity index (χ0n) is 16.0. The molecular weight excluding hydrogens is 322 g/mol. The average Bonchev–Trinajstić information content (AvgIpc) is 2.67. The summed E-state index contributed by atoms with van der Waals surface area (Å²) >= 11 is 0. The molecular formula is C22H29N3O. The average molecular weight is 351 g/mol. The van der Waals surface area contributed by atoms with Gasteiger partial charge in [-0.25, -0.2) is 4.79 Å². The van der Waals surface area contributed by atoms with E-state index in [1.807, 2.05) is 4.90 Å². The van der Waals surface area contributed by atoms with Gasteiger partial charge < -0.3 is 15.1 Å². The Labute approximate surface area is 156 Å².